The summed E-state index contributed by atoms with van der Waals surface area (Å²) in [4.78, 5) is 26.5. The number of benzene rings is 1. The van der Waals surface area contributed by atoms with Gasteiger partial charge in [-0.3, -0.25) is 14.7 Å². The van der Waals surface area contributed by atoms with Gasteiger partial charge in [0, 0.05) is 30.3 Å². The Kier molecular flexibility index (Phi) is 4.62. The van der Waals surface area contributed by atoms with Crippen molar-refractivity contribution >= 4 is 11.7 Å². The van der Waals surface area contributed by atoms with E-state index in [0.717, 1.165) is 29.7 Å². The molecule has 3 heterocycles. The minimum absolute atomic E-state index is 0.0870. The Bertz CT molecular complexity index is 941. The van der Waals surface area contributed by atoms with Crippen molar-refractivity contribution in [2.45, 2.75) is 25.7 Å². The fraction of sp³-hybridized carbons (Fsp3) is 0.286. The molecule has 3 aromatic rings. The Balaban J connectivity index is 1.54. The minimum Gasteiger partial charge on any atom is -0.461 e. The van der Waals surface area contributed by atoms with E-state index in [4.69, 9.17) is 4.42 Å². The van der Waals surface area contributed by atoms with Crippen LogP contribution in [-0.4, -0.2) is 39.9 Å². The molecule has 1 saturated heterocycles. The van der Waals surface area contributed by atoms with Gasteiger partial charge in [-0.25, -0.2) is 0 Å². The number of aromatic nitrogens is 2. The van der Waals surface area contributed by atoms with Crippen LogP contribution in [0.1, 0.15) is 40.6 Å². The lowest BCUT2D eigenvalue weighted by Crippen LogP contribution is -2.42. The van der Waals surface area contributed by atoms with Crippen LogP contribution in [-0.2, 0) is 4.79 Å². The van der Waals surface area contributed by atoms with Crippen molar-refractivity contribution in [1.29, 1.82) is 0 Å². The second kappa shape index (κ2) is 7.23. The maximum atomic E-state index is 12.6. The van der Waals surface area contributed by atoms with Gasteiger partial charge in [-0.15, -0.1) is 0 Å². The van der Waals surface area contributed by atoms with Gasteiger partial charge < -0.3 is 9.32 Å². The third-order valence-corrected chi connectivity index (χ3v) is 5.09. The highest BCUT2D eigenvalue weighted by atomic mass is 16.3. The highest BCUT2D eigenvalue weighted by molar-refractivity contribution is 6.41. The van der Waals surface area contributed by atoms with Crippen LogP contribution in [0.2, 0.25) is 0 Å². The summed E-state index contributed by atoms with van der Waals surface area (Å²) in [6, 6.07) is 11.4. The number of H-pyrrole nitrogens is 1. The quantitative estimate of drug-likeness (QED) is 0.568. The molecule has 0 unspecified atom stereocenters. The summed E-state index contributed by atoms with van der Waals surface area (Å²) in [5.74, 6) is -0.898. The molecule has 1 aliphatic heterocycles. The van der Waals surface area contributed by atoms with Crippen LogP contribution >= 0.6 is 0 Å². The van der Waals surface area contributed by atoms with Crippen LogP contribution in [0.4, 0.5) is 0 Å². The predicted octanol–water partition coefficient (Wildman–Crippen LogP) is 3.57. The van der Waals surface area contributed by atoms with Crippen LogP contribution in [0.15, 0.2) is 53.3 Å². The third kappa shape index (κ3) is 3.43. The SMILES string of the molecule is Cc1ccc(-c2cn[nH]c2[C@H]2CCCN(C(=O)C(=O)c3ccco3)C2)cc1. The van der Waals surface area contributed by atoms with E-state index < -0.39 is 11.7 Å². The van der Waals surface area contributed by atoms with Gasteiger partial charge in [0.15, 0.2) is 5.76 Å². The van der Waals surface area contributed by atoms with E-state index in [2.05, 4.69) is 41.4 Å². The number of likely N-dealkylation sites (tertiary alicyclic amines) is 1. The molecule has 1 aromatic carbocycles. The van der Waals surface area contributed by atoms with Gasteiger partial charge in [-0.1, -0.05) is 29.8 Å². The standard InChI is InChI=1S/C21H21N3O3/c1-14-6-8-15(9-7-14)17-12-22-23-19(17)16-4-2-10-24(13-16)21(26)20(25)18-5-3-11-27-18/h3,5-9,11-12,16H,2,4,10,13H2,1H3,(H,22,23)/t16-/m0/s1. The Morgan fingerprint density at radius 1 is 1.22 bits per heavy atom. The normalized spacial score (nSPS) is 17.1. The van der Waals surface area contributed by atoms with E-state index in [1.54, 1.807) is 11.0 Å². The number of Topliss-reactive ketones (excluding diaryl/α,β-unsaturated/α-hetero) is 1. The van der Waals surface area contributed by atoms with E-state index in [-0.39, 0.29) is 11.7 Å². The Morgan fingerprint density at radius 2 is 2.04 bits per heavy atom. The minimum atomic E-state index is -0.594. The Labute approximate surface area is 157 Å². The monoisotopic (exact) mass is 363 g/mol. The average Bonchev–Trinajstić information content (AvgIpc) is 3.39. The number of nitrogens with one attached hydrogen (secondary N) is 1. The second-order valence-corrected chi connectivity index (χ2v) is 6.96. The topological polar surface area (TPSA) is 79.2 Å². The summed E-state index contributed by atoms with van der Waals surface area (Å²) in [6.07, 6.45) is 5.01. The molecule has 0 aliphatic carbocycles. The first-order valence-corrected chi connectivity index (χ1v) is 9.11. The first-order valence-electron chi connectivity index (χ1n) is 9.11. The Hall–Kier alpha value is -3.15. The molecule has 0 radical (unpaired) electrons. The second-order valence-electron chi connectivity index (χ2n) is 6.96. The fourth-order valence-corrected chi connectivity index (χ4v) is 3.62. The van der Waals surface area contributed by atoms with E-state index in [1.807, 2.05) is 6.20 Å². The lowest BCUT2D eigenvalue weighted by Gasteiger charge is -2.32. The van der Waals surface area contributed by atoms with Crippen LogP contribution in [0, 0.1) is 6.92 Å². The van der Waals surface area contributed by atoms with Crippen molar-refractivity contribution in [3.8, 4) is 11.1 Å². The molecule has 6 nitrogen and oxygen atoms in total. The molecule has 2 aromatic heterocycles. The molecular formula is C21H21N3O3. The number of amides is 1. The Morgan fingerprint density at radius 3 is 2.78 bits per heavy atom. The lowest BCUT2D eigenvalue weighted by molar-refractivity contribution is -0.127. The lowest BCUT2D eigenvalue weighted by atomic mass is 9.90. The highest BCUT2D eigenvalue weighted by Crippen LogP contribution is 2.33. The highest BCUT2D eigenvalue weighted by Gasteiger charge is 2.31. The number of nitrogens with zero attached hydrogens (tertiary/aromatic N) is 2. The van der Waals surface area contributed by atoms with Crippen LogP contribution in [0.5, 0.6) is 0 Å². The zero-order valence-corrected chi connectivity index (χ0v) is 15.1. The number of piperidine rings is 1. The zero-order valence-electron chi connectivity index (χ0n) is 15.1. The van der Waals surface area contributed by atoms with Crippen molar-refractivity contribution in [3.05, 3.63) is 65.9 Å². The van der Waals surface area contributed by atoms with Gasteiger partial charge in [0.2, 0.25) is 0 Å². The summed E-state index contributed by atoms with van der Waals surface area (Å²) in [6.45, 7) is 3.13. The molecule has 1 aliphatic rings. The number of aromatic amines is 1. The molecule has 0 saturated carbocycles. The molecule has 1 atom stereocenters. The van der Waals surface area contributed by atoms with Gasteiger partial charge in [0.05, 0.1) is 12.5 Å². The molecule has 0 bridgehead atoms. The fourth-order valence-electron chi connectivity index (χ4n) is 3.62. The number of hydrogen-bond acceptors (Lipinski definition) is 4. The largest absolute Gasteiger partial charge is 0.461 e. The number of ketones is 1. The van der Waals surface area contributed by atoms with Crippen LogP contribution in [0.3, 0.4) is 0 Å². The number of hydrogen-bond donors (Lipinski definition) is 1. The van der Waals surface area contributed by atoms with Crippen molar-refractivity contribution in [2.75, 3.05) is 13.1 Å². The van der Waals surface area contributed by atoms with Crippen molar-refractivity contribution in [1.82, 2.24) is 15.1 Å². The van der Waals surface area contributed by atoms with Gasteiger partial charge in [0.1, 0.15) is 0 Å². The molecule has 6 heteroatoms. The van der Waals surface area contributed by atoms with Gasteiger partial charge in [-0.05, 0) is 37.5 Å². The molecule has 4 rings (SSSR count). The average molecular weight is 363 g/mol. The van der Waals surface area contributed by atoms with E-state index in [9.17, 15) is 9.59 Å². The maximum Gasteiger partial charge on any atom is 0.298 e. The first-order chi connectivity index (χ1) is 13.1. The number of furan rings is 1. The molecule has 138 valence electrons. The van der Waals surface area contributed by atoms with E-state index in [0.29, 0.717) is 13.1 Å². The van der Waals surface area contributed by atoms with Crippen LogP contribution in [0.25, 0.3) is 11.1 Å². The molecule has 1 fully saturated rings. The predicted molar refractivity (Wildman–Crippen MR) is 100 cm³/mol. The summed E-state index contributed by atoms with van der Waals surface area (Å²) in [7, 11) is 0. The third-order valence-electron chi connectivity index (χ3n) is 5.09. The van der Waals surface area contributed by atoms with E-state index >= 15 is 0 Å². The number of carbonyl (C=O) groups is 2. The van der Waals surface area contributed by atoms with Gasteiger partial charge in [0.25, 0.3) is 11.7 Å². The summed E-state index contributed by atoms with van der Waals surface area (Å²) in [5.41, 5.74) is 4.36. The molecule has 27 heavy (non-hydrogen) atoms. The first kappa shape index (κ1) is 17.3. The molecule has 0 spiro atoms. The van der Waals surface area contributed by atoms with Crippen molar-refractivity contribution < 1.29 is 14.0 Å². The zero-order chi connectivity index (χ0) is 18.8. The van der Waals surface area contributed by atoms with Crippen molar-refractivity contribution in [2.24, 2.45) is 0 Å². The molecule has 1 amide bonds. The van der Waals surface area contributed by atoms with E-state index in [1.165, 1.54) is 17.9 Å². The molecular weight excluding hydrogens is 342 g/mol. The van der Waals surface area contributed by atoms with Gasteiger partial charge >= 0.3 is 0 Å². The summed E-state index contributed by atoms with van der Waals surface area (Å²) in [5, 5.41) is 7.34. The van der Waals surface area contributed by atoms with Gasteiger partial charge in [-0.2, -0.15) is 5.10 Å². The maximum absolute atomic E-state index is 12.6. The van der Waals surface area contributed by atoms with Crippen LogP contribution < -0.4 is 0 Å². The number of carbonyl (C=O) groups excluding carboxylic acids is 2. The molecule has 1 N–H and O–H groups in total. The van der Waals surface area contributed by atoms with Crippen molar-refractivity contribution in [3.63, 3.8) is 0 Å². The summed E-state index contributed by atoms with van der Waals surface area (Å²) < 4.78 is 5.08. The number of aryl methyl sites for hydroxylation is 1. The number of rotatable bonds is 4. The smallest absolute Gasteiger partial charge is 0.298 e. The summed E-state index contributed by atoms with van der Waals surface area (Å²) >= 11 is 0.